The summed E-state index contributed by atoms with van der Waals surface area (Å²) in [5, 5.41) is 8.57. The van der Waals surface area contributed by atoms with Gasteiger partial charge in [0.15, 0.2) is 0 Å². The van der Waals surface area contributed by atoms with Crippen LogP contribution in [-0.4, -0.2) is 11.1 Å². The molecule has 18 heavy (non-hydrogen) atoms. The Morgan fingerprint density at radius 1 is 0.833 bits per heavy atom. The summed E-state index contributed by atoms with van der Waals surface area (Å²) in [6.07, 6.45) is 5.32. The Morgan fingerprint density at radius 2 is 1.28 bits per heavy atom. The van der Waals surface area contributed by atoms with Gasteiger partial charge in [-0.15, -0.1) is 0 Å². The highest BCUT2D eigenvalue weighted by Crippen LogP contribution is 2.12. The maximum atomic E-state index is 10.5. The lowest BCUT2D eigenvalue weighted by molar-refractivity contribution is -0.137. The topological polar surface area (TPSA) is 37.3 Å². The van der Waals surface area contributed by atoms with Gasteiger partial charge in [-0.05, 0) is 6.42 Å². The molecular formula is C16H32O2. The average Bonchev–Trinajstić information content (AvgIpc) is 2.40. The average molecular weight is 260 g/mol. The van der Waals surface area contributed by atoms with E-state index in [1.54, 1.807) is 0 Å². The third-order valence-corrected chi connectivity index (χ3v) is 2.97. The monoisotopic (exact) mass is 260 g/mol. The Labute approximate surface area is 119 Å². The van der Waals surface area contributed by atoms with Gasteiger partial charge in [0, 0.05) is 11.9 Å². The number of carboxylic acids is 1. The fourth-order valence-electron chi connectivity index (χ4n) is 1.85. The van der Waals surface area contributed by atoms with Crippen LogP contribution in [0, 0.1) is 0 Å². The predicted octanol–water partition coefficient (Wildman–Crippen LogP) is 5.55. The summed E-state index contributed by atoms with van der Waals surface area (Å²) >= 11 is 0. The van der Waals surface area contributed by atoms with E-state index >= 15 is 0 Å². The molecule has 0 saturated carbocycles. The summed E-state index contributed by atoms with van der Waals surface area (Å²) in [4.78, 5) is 10.5. The minimum absolute atomic E-state index is 0.0384. The van der Waals surface area contributed by atoms with E-state index in [0.717, 1.165) is 12.8 Å². The van der Waals surface area contributed by atoms with Crippen LogP contribution in [0.15, 0.2) is 0 Å². The van der Waals surface area contributed by atoms with Gasteiger partial charge in [0.05, 0.1) is 0 Å². The van der Waals surface area contributed by atoms with Crippen molar-refractivity contribution in [1.82, 2.24) is 0 Å². The number of hydrogen-bond donors (Lipinski definition) is 1. The molecule has 0 aliphatic rings. The summed E-state index contributed by atoms with van der Waals surface area (Å²) in [5.41, 5.74) is 0. The molecule has 0 aromatic carbocycles. The van der Waals surface area contributed by atoms with Crippen molar-refractivity contribution in [3.8, 4) is 0 Å². The van der Waals surface area contributed by atoms with Crippen LogP contribution >= 0.6 is 0 Å². The second-order valence-corrected chi connectivity index (χ2v) is 4.83. The predicted molar refractivity (Wildman–Crippen MR) is 77.9 cm³/mol. The summed E-state index contributed by atoms with van der Waals surface area (Å²) in [7, 11) is 0. The first-order valence-corrected chi connectivity index (χ1v) is 7.45. The Bertz CT molecular complexity index is 307. The van der Waals surface area contributed by atoms with Crippen molar-refractivity contribution in [2.75, 3.05) is 0 Å². The van der Waals surface area contributed by atoms with E-state index in [9.17, 15) is 4.79 Å². The normalized spacial score (nSPS) is 15.6. The van der Waals surface area contributed by atoms with Gasteiger partial charge in [-0.3, -0.25) is 4.79 Å². The maximum absolute atomic E-state index is 10.5. The van der Waals surface area contributed by atoms with Crippen molar-refractivity contribution in [1.29, 1.82) is 0 Å². The fraction of sp³-hybridized carbons (Fsp3) is 0.938. The molecular weight excluding hydrogens is 224 g/mol. The molecule has 0 radical (unpaired) electrons. The third kappa shape index (κ3) is 15.5. The SMILES string of the molecule is [2H]C([2H])(CCCCCCCCCC)C([2H])([2H])CCCC(=O)O. The highest BCUT2D eigenvalue weighted by Gasteiger charge is 1.96. The lowest BCUT2D eigenvalue weighted by atomic mass is 10.0. The third-order valence-electron chi connectivity index (χ3n) is 2.97. The smallest absolute Gasteiger partial charge is 0.303 e. The molecule has 0 aliphatic carbocycles. The summed E-state index contributed by atoms with van der Waals surface area (Å²) < 4.78 is 31.6. The zero-order chi connectivity index (χ0) is 17.1. The Hall–Kier alpha value is -0.530. The van der Waals surface area contributed by atoms with Crippen molar-refractivity contribution < 1.29 is 15.4 Å². The van der Waals surface area contributed by atoms with Gasteiger partial charge in [-0.2, -0.15) is 0 Å². The van der Waals surface area contributed by atoms with Crippen LogP contribution < -0.4 is 0 Å². The minimum Gasteiger partial charge on any atom is -0.481 e. The molecule has 0 spiro atoms. The Morgan fingerprint density at radius 3 is 1.78 bits per heavy atom. The van der Waals surface area contributed by atoms with Crippen LogP contribution in [0.2, 0.25) is 0 Å². The Kier molecular flexibility index (Phi) is 9.13. The lowest BCUT2D eigenvalue weighted by Gasteiger charge is -2.02. The fourth-order valence-corrected chi connectivity index (χ4v) is 1.85. The van der Waals surface area contributed by atoms with Crippen LogP contribution in [0.25, 0.3) is 0 Å². The Balaban J connectivity index is 3.88. The van der Waals surface area contributed by atoms with Crippen molar-refractivity contribution >= 4 is 5.97 Å². The van der Waals surface area contributed by atoms with Crippen LogP contribution in [0.1, 0.15) is 102 Å². The first-order chi connectivity index (χ1) is 10.2. The van der Waals surface area contributed by atoms with Crippen molar-refractivity contribution in [3.05, 3.63) is 0 Å². The molecule has 0 aromatic rings. The van der Waals surface area contributed by atoms with Gasteiger partial charge >= 0.3 is 5.97 Å². The summed E-state index contributed by atoms with van der Waals surface area (Å²) in [5.74, 6) is -0.959. The molecule has 0 heterocycles. The molecule has 1 N–H and O–H groups in total. The van der Waals surface area contributed by atoms with Gasteiger partial charge in [0.1, 0.15) is 0 Å². The second kappa shape index (κ2) is 14.5. The quantitative estimate of drug-likeness (QED) is 0.416. The van der Waals surface area contributed by atoms with Gasteiger partial charge in [-0.1, -0.05) is 83.9 Å². The molecule has 0 bridgehead atoms. The largest absolute Gasteiger partial charge is 0.481 e. The van der Waals surface area contributed by atoms with E-state index in [-0.39, 0.29) is 25.7 Å². The molecule has 0 aliphatic heterocycles. The molecule has 2 heteroatoms. The number of aliphatic carboxylic acids is 1. The molecule has 2 nitrogen and oxygen atoms in total. The van der Waals surface area contributed by atoms with Crippen molar-refractivity contribution in [2.45, 2.75) is 96.7 Å². The maximum Gasteiger partial charge on any atom is 0.303 e. The van der Waals surface area contributed by atoms with E-state index in [1.807, 2.05) is 0 Å². The lowest BCUT2D eigenvalue weighted by Crippen LogP contribution is -1.93. The highest BCUT2D eigenvalue weighted by molar-refractivity contribution is 5.66. The van der Waals surface area contributed by atoms with Crippen LogP contribution in [0.5, 0.6) is 0 Å². The van der Waals surface area contributed by atoms with Crippen molar-refractivity contribution in [3.63, 3.8) is 0 Å². The number of hydrogen-bond acceptors (Lipinski definition) is 1. The molecule has 108 valence electrons. The molecule has 0 unspecified atom stereocenters. The molecule has 0 amide bonds. The second-order valence-electron chi connectivity index (χ2n) is 4.83. The van der Waals surface area contributed by atoms with E-state index in [2.05, 4.69) is 6.92 Å². The number of rotatable bonds is 14. The van der Waals surface area contributed by atoms with Gasteiger partial charge in [-0.25, -0.2) is 0 Å². The molecule has 0 atom stereocenters. The summed E-state index contributed by atoms with van der Waals surface area (Å²) in [6.45, 7) is 2.19. The molecule has 0 saturated heterocycles. The van der Waals surface area contributed by atoms with E-state index < -0.39 is 18.7 Å². The zero-order valence-electron chi connectivity index (χ0n) is 15.8. The minimum atomic E-state index is -1.95. The first kappa shape index (κ1) is 11.3. The number of carboxylic acid groups (broad SMARTS) is 1. The van der Waals surface area contributed by atoms with Crippen molar-refractivity contribution in [2.24, 2.45) is 0 Å². The summed E-state index contributed by atoms with van der Waals surface area (Å²) in [6, 6.07) is 0. The van der Waals surface area contributed by atoms with Crippen LogP contribution in [-0.2, 0) is 4.79 Å². The zero-order valence-corrected chi connectivity index (χ0v) is 11.8. The highest BCUT2D eigenvalue weighted by atomic mass is 16.4. The van der Waals surface area contributed by atoms with Crippen LogP contribution in [0.4, 0.5) is 0 Å². The van der Waals surface area contributed by atoms with Gasteiger partial charge < -0.3 is 5.11 Å². The molecule has 0 aromatic heterocycles. The first-order valence-electron chi connectivity index (χ1n) is 9.45. The van der Waals surface area contributed by atoms with E-state index in [4.69, 9.17) is 10.6 Å². The standard InChI is InChI=1S/C16H32O2/c1-2-3-4-5-6-7-8-9-10-11-12-13-14-15-16(17)18/h2-15H2,1H3,(H,17,18)/i11D2,12D2. The molecule has 0 rings (SSSR count). The van der Waals surface area contributed by atoms with Gasteiger partial charge in [0.25, 0.3) is 0 Å². The van der Waals surface area contributed by atoms with E-state index in [1.165, 1.54) is 32.1 Å². The molecule has 0 fully saturated rings. The van der Waals surface area contributed by atoms with E-state index in [0.29, 0.717) is 6.42 Å². The number of unbranched alkanes of at least 4 members (excludes halogenated alkanes) is 7. The van der Waals surface area contributed by atoms with Gasteiger partial charge in [0.2, 0.25) is 0 Å². The number of carbonyl (C=O) groups is 1. The van der Waals surface area contributed by atoms with Crippen LogP contribution in [0.3, 0.4) is 0 Å².